The third-order valence-corrected chi connectivity index (χ3v) is 3.51. The van der Waals surface area contributed by atoms with Gasteiger partial charge in [-0.2, -0.15) is 0 Å². The molecule has 23 heavy (non-hydrogen) atoms. The number of hydrogen-bond acceptors (Lipinski definition) is 4. The SMILES string of the molecule is Cc1cc(CNCc2ccccc2OCc2ccccc2)no1. The van der Waals surface area contributed by atoms with Crippen molar-refractivity contribution in [3.05, 3.63) is 83.2 Å². The number of para-hydroxylation sites is 1. The number of hydrogen-bond donors (Lipinski definition) is 1. The third-order valence-electron chi connectivity index (χ3n) is 3.51. The summed E-state index contributed by atoms with van der Waals surface area (Å²) in [6.45, 7) is 3.85. The first kappa shape index (κ1) is 15.3. The van der Waals surface area contributed by atoms with Gasteiger partial charge in [-0.15, -0.1) is 0 Å². The average Bonchev–Trinajstić information content (AvgIpc) is 3.00. The van der Waals surface area contributed by atoms with Gasteiger partial charge in [0.05, 0.1) is 5.69 Å². The van der Waals surface area contributed by atoms with Gasteiger partial charge in [0.2, 0.25) is 0 Å². The van der Waals surface area contributed by atoms with E-state index in [0.29, 0.717) is 13.2 Å². The van der Waals surface area contributed by atoms with Crippen molar-refractivity contribution in [2.24, 2.45) is 0 Å². The number of nitrogens with one attached hydrogen (secondary N) is 1. The maximum Gasteiger partial charge on any atom is 0.133 e. The summed E-state index contributed by atoms with van der Waals surface area (Å²) in [6.07, 6.45) is 0. The highest BCUT2D eigenvalue weighted by Gasteiger charge is 2.05. The van der Waals surface area contributed by atoms with Gasteiger partial charge in [0, 0.05) is 24.7 Å². The number of aromatic nitrogens is 1. The molecule has 0 amide bonds. The van der Waals surface area contributed by atoms with Crippen molar-refractivity contribution in [3.8, 4) is 5.75 Å². The monoisotopic (exact) mass is 308 g/mol. The van der Waals surface area contributed by atoms with E-state index in [4.69, 9.17) is 9.26 Å². The summed E-state index contributed by atoms with van der Waals surface area (Å²) in [5, 5.41) is 7.34. The van der Waals surface area contributed by atoms with Crippen LogP contribution in [0.1, 0.15) is 22.6 Å². The summed E-state index contributed by atoms with van der Waals surface area (Å²) in [5.41, 5.74) is 3.20. The van der Waals surface area contributed by atoms with Crippen molar-refractivity contribution in [2.75, 3.05) is 0 Å². The van der Waals surface area contributed by atoms with Crippen LogP contribution in [0.2, 0.25) is 0 Å². The first-order valence-electron chi connectivity index (χ1n) is 7.69. The fourth-order valence-corrected chi connectivity index (χ4v) is 2.35. The predicted molar refractivity (Wildman–Crippen MR) is 89.0 cm³/mol. The van der Waals surface area contributed by atoms with Crippen molar-refractivity contribution >= 4 is 0 Å². The molecule has 0 aliphatic heterocycles. The van der Waals surface area contributed by atoms with Crippen LogP contribution in [-0.2, 0) is 19.7 Å². The zero-order chi connectivity index (χ0) is 15.9. The average molecular weight is 308 g/mol. The molecule has 0 spiro atoms. The van der Waals surface area contributed by atoms with E-state index < -0.39 is 0 Å². The summed E-state index contributed by atoms with van der Waals surface area (Å²) in [7, 11) is 0. The maximum atomic E-state index is 5.96. The van der Waals surface area contributed by atoms with Gasteiger partial charge >= 0.3 is 0 Å². The lowest BCUT2D eigenvalue weighted by Crippen LogP contribution is -2.13. The first-order valence-corrected chi connectivity index (χ1v) is 7.69. The quantitative estimate of drug-likeness (QED) is 0.720. The summed E-state index contributed by atoms with van der Waals surface area (Å²) < 4.78 is 11.0. The van der Waals surface area contributed by atoms with E-state index >= 15 is 0 Å². The molecule has 1 N–H and O–H groups in total. The zero-order valence-electron chi connectivity index (χ0n) is 13.2. The molecule has 1 heterocycles. The molecule has 0 fully saturated rings. The van der Waals surface area contributed by atoms with Crippen molar-refractivity contribution in [3.63, 3.8) is 0 Å². The Morgan fingerprint density at radius 2 is 1.78 bits per heavy atom. The highest BCUT2D eigenvalue weighted by atomic mass is 16.5. The van der Waals surface area contributed by atoms with Crippen LogP contribution in [0, 0.1) is 6.92 Å². The molecule has 1 aromatic heterocycles. The van der Waals surface area contributed by atoms with Gasteiger partial charge in [-0.25, -0.2) is 0 Å². The smallest absolute Gasteiger partial charge is 0.133 e. The number of benzene rings is 2. The number of ether oxygens (including phenoxy) is 1. The second kappa shape index (κ2) is 7.61. The minimum Gasteiger partial charge on any atom is -0.489 e. The van der Waals surface area contributed by atoms with E-state index in [1.165, 1.54) is 0 Å². The number of nitrogens with zero attached hydrogens (tertiary/aromatic N) is 1. The Hall–Kier alpha value is -2.59. The molecule has 4 nitrogen and oxygen atoms in total. The van der Waals surface area contributed by atoms with Gasteiger partial charge in [0.25, 0.3) is 0 Å². The van der Waals surface area contributed by atoms with E-state index in [9.17, 15) is 0 Å². The minimum absolute atomic E-state index is 0.570. The Kier molecular flexibility index (Phi) is 5.06. The number of rotatable bonds is 7. The van der Waals surface area contributed by atoms with Crippen LogP contribution in [-0.4, -0.2) is 5.16 Å². The van der Waals surface area contributed by atoms with E-state index in [0.717, 1.165) is 34.9 Å². The van der Waals surface area contributed by atoms with Crippen LogP contribution < -0.4 is 10.1 Å². The van der Waals surface area contributed by atoms with Crippen LogP contribution in [0.25, 0.3) is 0 Å². The molecule has 2 aromatic carbocycles. The van der Waals surface area contributed by atoms with Crippen molar-refractivity contribution < 1.29 is 9.26 Å². The molecule has 0 bridgehead atoms. The summed E-state index contributed by atoms with van der Waals surface area (Å²) in [4.78, 5) is 0. The maximum absolute atomic E-state index is 5.96. The lowest BCUT2D eigenvalue weighted by Gasteiger charge is -2.12. The lowest BCUT2D eigenvalue weighted by atomic mass is 10.2. The molecule has 0 radical (unpaired) electrons. The summed E-state index contributed by atoms with van der Waals surface area (Å²) in [6, 6.07) is 20.2. The molecule has 4 heteroatoms. The van der Waals surface area contributed by atoms with Crippen molar-refractivity contribution in [1.29, 1.82) is 0 Å². The molecule has 3 rings (SSSR count). The van der Waals surface area contributed by atoms with Crippen LogP contribution in [0.5, 0.6) is 5.75 Å². The molecule has 118 valence electrons. The summed E-state index contributed by atoms with van der Waals surface area (Å²) in [5.74, 6) is 1.73. The second-order valence-electron chi connectivity index (χ2n) is 5.41. The molecule has 0 saturated heterocycles. The standard InChI is InChI=1S/C19H20N2O2/c1-15-11-18(21-23-15)13-20-12-17-9-5-6-10-19(17)22-14-16-7-3-2-4-8-16/h2-11,20H,12-14H2,1H3. The van der Waals surface area contributed by atoms with Gasteiger partial charge in [-0.1, -0.05) is 53.7 Å². The van der Waals surface area contributed by atoms with E-state index in [-0.39, 0.29) is 0 Å². The van der Waals surface area contributed by atoms with E-state index in [1.807, 2.05) is 49.4 Å². The van der Waals surface area contributed by atoms with Crippen molar-refractivity contribution in [2.45, 2.75) is 26.6 Å². The predicted octanol–water partition coefficient (Wildman–Crippen LogP) is 3.85. The first-order chi connectivity index (χ1) is 11.3. The fraction of sp³-hybridized carbons (Fsp3) is 0.211. The molecule has 0 aliphatic rings. The summed E-state index contributed by atoms with van der Waals surface area (Å²) >= 11 is 0. The molecular formula is C19H20N2O2. The van der Waals surface area contributed by atoms with Crippen molar-refractivity contribution in [1.82, 2.24) is 10.5 Å². The topological polar surface area (TPSA) is 47.3 Å². The minimum atomic E-state index is 0.570. The highest BCUT2D eigenvalue weighted by Crippen LogP contribution is 2.19. The Morgan fingerprint density at radius 3 is 2.57 bits per heavy atom. The van der Waals surface area contributed by atoms with Crippen LogP contribution >= 0.6 is 0 Å². The van der Waals surface area contributed by atoms with Crippen LogP contribution in [0.3, 0.4) is 0 Å². The number of aryl methyl sites for hydroxylation is 1. The fourth-order valence-electron chi connectivity index (χ4n) is 2.35. The van der Waals surface area contributed by atoms with Gasteiger partial charge in [0.1, 0.15) is 18.1 Å². The largest absolute Gasteiger partial charge is 0.489 e. The second-order valence-corrected chi connectivity index (χ2v) is 5.41. The molecule has 0 unspecified atom stereocenters. The molecule has 0 aliphatic carbocycles. The Bertz CT molecular complexity index is 738. The molecular weight excluding hydrogens is 288 g/mol. The normalized spacial score (nSPS) is 10.7. The molecule has 0 atom stereocenters. The Morgan fingerprint density at radius 1 is 1.00 bits per heavy atom. The van der Waals surface area contributed by atoms with Gasteiger partial charge in [-0.05, 0) is 18.6 Å². The molecule has 0 saturated carbocycles. The van der Waals surface area contributed by atoms with Gasteiger partial charge in [0.15, 0.2) is 0 Å². The Labute approximate surface area is 136 Å². The Balaban J connectivity index is 1.57. The third kappa shape index (κ3) is 4.44. The molecule has 3 aromatic rings. The van der Waals surface area contributed by atoms with Gasteiger partial charge in [-0.3, -0.25) is 0 Å². The zero-order valence-corrected chi connectivity index (χ0v) is 13.2. The highest BCUT2D eigenvalue weighted by molar-refractivity contribution is 5.33. The van der Waals surface area contributed by atoms with E-state index in [2.05, 4.69) is 28.7 Å². The van der Waals surface area contributed by atoms with E-state index in [1.54, 1.807) is 0 Å². The van der Waals surface area contributed by atoms with Gasteiger partial charge < -0.3 is 14.6 Å². The van der Waals surface area contributed by atoms with Crippen LogP contribution in [0.15, 0.2) is 65.2 Å². The lowest BCUT2D eigenvalue weighted by molar-refractivity contribution is 0.302. The van der Waals surface area contributed by atoms with Crippen LogP contribution in [0.4, 0.5) is 0 Å².